The van der Waals surface area contributed by atoms with Gasteiger partial charge < -0.3 is 32.8 Å². The van der Waals surface area contributed by atoms with Crippen LogP contribution in [0.15, 0.2) is 104 Å². The van der Waals surface area contributed by atoms with E-state index >= 15 is 0 Å². The number of nitrogens with zero attached hydrogens (tertiary/aromatic N) is 4. The molecule has 16 heteroatoms. The maximum Gasteiger partial charge on any atom is 0.347 e. The lowest BCUT2D eigenvalue weighted by Crippen LogP contribution is -2.50. The molecule has 0 radical (unpaired) electrons. The van der Waals surface area contributed by atoms with Crippen LogP contribution in [-0.4, -0.2) is 67.9 Å². The zero-order valence-electron chi connectivity index (χ0n) is 39.7. The van der Waals surface area contributed by atoms with Gasteiger partial charge in [-0.3, -0.25) is 0 Å². The molecular formula is C52H56ClFN4O8SSi. The predicted octanol–water partition coefficient (Wildman–Crippen LogP) is 13.0. The quantitative estimate of drug-likeness (QED) is 0.0385. The van der Waals surface area contributed by atoms with Crippen LogP contribution in [0, 0.1) is 5.82 Å². The fraction of sp³-hybridized carbons (Fsp3) is 0.327. The maximum atomic E-state index is 14.5. The summed E-state index contributed by atoms with van der Waals surface area (Å²) in [5.41, 5.74) is 4.71. The first kappa shape index (κ1) is 49.8. The molecule has 0 saturated heterocycles. The van der Waals surface area contributed by atoms with Crippen molar-refractivity contribution >= 4 is 47.4 Å². The molecule has 4 aromatic carbocycles. The maximum absolute atomic E-state index is 14.5. The van der Waals surface area contributed by atoms with Gasteiger partial charge in [-0.05, 0) is 83.2 Å². The third-order valence-corrected chi connectivity index (χ3v) is 19.3. The van der Waals surface area contributed by atoms with Crippen molar-refractivity contribution < 1.29 is 42.0 Å². The predicted molar refractivity (Wildman–Crippen MR) is 267 cm³/mol. The third-order valence-electron chi connectivity index (χ3n) is 11.8. The Morgan fingerprint density at radius 2 is 1.50 bits per heavy atom. The van der Waals surface area contributed by atoms with Gasteiger partial charge in [-0.1, -0.05) is 95.6 Å². The van der Waals surface area contributed by atoms with E-state index < -0.39 is 26.2 Å². The highest BCUT2D eigenvalue weighted by atomic mass is 35.5. The van der Waals surface area contributed by atoms with Gasteiger partial charge in [0, 0.05) is 35.7 Å². The van der Waals surface area contributed by atoms with E-state index in [1.54, 1.807) is 38.4 Å². The van der Waals surface area contributed by atoms with E-state index in [0.717, 1.165) is 5.56 Å². The molecule has 0 spiro atoms. The standard InChI is InChI=1S/C52H56ClFN4O8SSi/c1-10-62-52(59)43(27-35-15-11-13-17-40(35)63-28-37-25-26-55-49(58-37)38-16-12-14-18-41(38)61-9)65-50-45-44(48(67-51(45)57-29-56-50)34-19-21-36(54)22-20-34)39-23-24-42(46(53)47(39)64-30-60-8)66-68(31(2)3,32(4)5)33(6)7/h11-26,29,31-33,43H,10,27-28,30H2,1-9H3/t43-/m1/s1. The first-order valence-electron chi connectivity index (χ1n) is 22.5. The zero-order chi connectivity index (χ0) is 48.5. The Morgan fingerprint density at radius 3 is 2.19 bits per heavy atom. The Hall–Kier alpha value is -6.13. The fourth-order valence-electron chi connectivity index (χ4n) is 8.82. The molecule has 0 unspecified atom stereocenters. The van der Waals surface area contributed by atoms with E-state index in [0.29, 0.717) is 71.9 Å². The summed E-state index contributed by atoms with van der Waals surface area (Å²) in [5.74, 6) is 1.57. The third kappa shape index (κ3) is 10.6. The van der Waals surface area contributed by atoms with Crippen molar-refractivity contribution in [3.05, 3.63) is 126 Å². The van der Waals surface area contributed by atoms with Crippen molar-refractivity contribution in [3.63, 3.8) is 0 Å². The molecule has 7 rings (SSSR count). The smallest absolute Gasteiger partial charge is 0.347 e. The summed E-state index contributed by atoms with van der Waals surface area (Å²) >= 11 is 8.75. The van der Waals surface area contributed by atoms with E-state index in [4.69, 9.17) is 49.4 Å². The summed E-state index contributed by atoms with van der Waals surface area (Å²) < 4.78 is 57.6. The van der Waals surface area contributed by atoms with E-state index in [2.05, 4.69) is 56.5 Å². The van der Waals surface area contributed by atoms with E-state index in [9.17, 15) is 9.18 Å². The minimum atomic E-state index is -2.48. The fourth-order valence-corrected chi connectivity index (χ4v) is 15.6. The highest BCUT2D eigenvalue weighted by molar-refractivity contribution is 7.22. The number of methoxy groups -OCH3 is 2. The number of hydrogen-bond acceptors (Lipinski definition) is 13. The summed E-state index contributed by atoms with van der Waals surface area (Å²) in [5, 5.41) is 0.744. The minimum Gasteiger partial charge on any atom is -0.542 e. The van der Waals surface area contributed by atoms with Gasteiger partial charge in [0.2, 0.25) is 12.0 Å². The van der Waals surface area contributed by atoms with Crippen molar-refractivity contribution in [2.24, 2.45) is 0 Å². The molecule has 0 aliphatic rings. The molecule has 0 N–H and O–H groups in total. The van der Waals surface area contributed by atoms with Gasteiger partial charge in [0.25, 0.3) is 8.32 Å². The number of para-hydroxylation sites is 2. The number of hydrogen-bond donors (Lipinski definition) is 0. The van der Waals surface area contributed by atoms with Crippen LogP contribution in [0.25, 0.3) is 43.2 Å². The number of thiophene rings is 1. The highest BCUT2D eigenvalue weighted by Gasteiger charge is 2.47. The van der Waals surface area contributed by atoms with E-state index in [1.165, 1.54) is 36.9 Å². The van der Waals surface area contributed by atoms with Gasteiger partial charge in [0.05, 0.1) is 30.4 Å². The molecule has 0 bridgehead atoms. The lowest BCUT2D eigenvalue weighted by atomic mass is 9.98. The van der Waals surface area contributed by atoms with Crippen molar-refractivity contribution in [2.45, 2.75) is 84.2 Å². The SMILES string of the molecule is CCOC(=O)[C@@H](Cc1ccccc1OCc1ccnc(-c2ccccc2OC)n1)Oc1ncnc2sc(-c3ccc(F)cc3)c(-c3ccc(O[Si](C(C)C)(C(C)C)C(C)C)c(Cl)c3OCOC)c12. The first-order chi connectivity index (χ1) is 32.8. The van der Waals surface area contributed by atoms with Gasteiger partial charge in [-0.15, -0.1) is 11.3 Å². The van der Waals surface area contributed by atoms with Gasteiger partial charge in [0.1, 0.15) is 45.9 Å². The zero-order valence-corrected chi connectivity index (χ0v) is 42.2. The molecule has 0 saturated carbocycles. The molecule has 7 aromatic rings. The molecular weight excluding hydrogens is 923 g/mol. The highest BCUT2D eigenvalue weighted by Crippen LogP contribution is 2.53. The Kier molecular flexibility index (Phi) is 16.3. The Balaban J connectivity index is 1.31. The Labute approximate surface area is 406 Å². The summed E-state index contributed by atoms with van der Waals surface area (Å²) in [6.07, 6.45) is 1.91. The normalized spacial score (nSPS) is 12.1. The van der Waals surface area contributed by atoms with Crippen LogP contribution >= 0.6 is 22.9 Å². The van der Waals surface area contributed by atoms with Crippen molar-refractivity contribution in [1.82, 2.24) is 19.9 Å². The Morgan fingerprint density at radius 1 is 0.794 bits per heavy atom. The average Bonchev–Trinajstić information content (AvgIpc) is 3.73. The van der Waals surface area contributed by atoms with E-state index in [1.807, 2.05) is 60.7 Å². The van der Waals surface area contributed by atoms with Crippen LogP contribution in [0.1, 0.15) is 59.7 Å². The molecule has 0 aliphatic carbocycles. The number of rotatable bonds is 21. The Bertz CT molecular complexity index is 2820. The monoisotopic (exact) mass is 978 g/mol. The number of halogens is 2. The minimum absolute atomic E-state index is 0.0499. The van der Waals surface area contributed by atoms with Crippen molar-refractivity contribution in [2.75, 3.05) is 27.6 Å². The van der Waals surface area contributed by atoms with Crippen molar-refractivity contribution in [1.29, 1.82) is 0 Å². The largest absolute Gasteiger partial charge is 0.542 e. The number of carbonyl (C=O) groups excluding carboxylic acids is 1. The topological polar surface area (TPSA) is 133 Å². The van der Waals surface area contributed by atoms with Crippen LogP contribution in [0.2, 0.25) is 21.6 Å². The average molecular weight is 980 g/mol. The molecule has 68 heavy (non-hydrogen) atoms. The van der Waals surface area contributed by atoms with Gasteiger partial charge in [0.15, 0.2) is 18.4 Å². The molecule has 0 aliphatic heterocycles. The number of fused-ring (bicyclic) bond motifs is 1. The summed E-state index contributed by atoms with van der Waals surface area (Å²) in [4.78, 5) is 33.8. The molecule has 12 nitrogen and oxygen atoms in total. The van der Waals surface area contributed by atoms with Gasteiger partial charge in [-0.25, -0.2) is 29.1 Å². The number of aromatic nitrogens is 4. The second kappa shape index (κ2) is 22.3. The van der Waals surface area contributed by atoms with Gasteiger partial charge in [-0.2, -0.15) is 0 Å². The lowest BCUT2D eigenvalue weighted by Gasteiger charge is -2.42. The van der Waals surface area contributed by atoms with Crippen LogP contribution in [0.3, 0.4) is 0 Å². The van der Waals surface area contributed by atoms with Crippen LogP contribution in [0.4, 0.5) is 4.39 Å². The summed E-state index contributed by atoms with van der Waals surface area (Å²) in [6.45, 7) is 15.1. The first-order valence-corrected chi connectivity index (χ1v) is 25.8. The number of esters is 1. The molecule has 1 atom stereocenters. The van der Waals surface area contributed by atoms with Crippen LogP contribution in [-0.2, 0) is 27.3 Å². The van der Waals surface area contributed by atoms with Gasteiger partial charge >= 0.3 is 5.97 Å². The molecule has 356 valence electrons. The number of carbonyl (C=O) groups is 1. The molecule has 3 aromatic heterocycles. The second-order valence-corrected chi connectivity index (χ2v) is 23.7. The number of ether oxygens (including phenoxy) is 6. The number of benzene rings is 4. The van der Waals surface area contributed by atoms with Crippen molar-refractivity contribution in [3.8, 4) is 61.8 Å². The second-order valence-electron chi connectivity index (χ2n) is 16.9. The molecule has 0 fully saturated rings. The lowest BCUT2D eigenvalue weighted by molar-refractivity contribution is -0.151. The molecule has 3 heterocycles. The summed E-state index contributed by atoms with van der Waals surface area (Å²) in [6, 6.07) is 26.6. The summed E-state index contributed by atoms with van der Waals surface area (Å²) in [7, 11) is 0.651. The van der Waals surface area contributed by atoms with Crippen LogP contribution < -0.4 is 23.4 Å². The van der Waals surface area contributed by atoms with Crippen LogP contribution in [0.5, 0.6) is 28.9 Å². The van der Waals surface area contributed by atoms with E-state index in [-0.39, 0.29) is 54.0 Å². The molecule has 0 amide bonds.